The molecule has 0 aliphatic carbocycles. The Morgan fingerprint density at radius 1 is 1.16 bits per heavy atom. The molecule has 0 spiro atoms. The number of urea groups is 1. The quantitative estimate of drug-likeness (QED) is 0.720. The van der Waals surface area contributed by atoms with Crippen LogP contribution in [0.4, 0.5) is 9.18 Å². The number of rotatable bonds is 6. The van der Waals surface area contributed by atoms with Gasteiger partial charge in [-0.15, -0.1) is 0 Å². The van der Waals surface area contributed by atoms with E-state index < -0.39 is 5.54 Å². The molecule has 4 rings (SSSR count). The number of carbonyl (C=O) groups is 2. The third kappa shape index (κ3) is 4.21. The van der Waals surface area contributed by atoms with Gasteiger partial charge in [-0.25, -0.2) is 9.18 Å². The molecule has 2 saturated heterocycles. The van der Waals surface area contributed by atoms with Crippen LogP contribution in [0, 0.1) is 18.7 Å². The first-order valence-electron chi connectivity index (χ1n) is 10.9. The van der Waals surface area contributed by atoms with E-state index in [0.29, 0.717) is 0 Å². The fourth-order valence-corrected chi connectivity index (χ4v) is 4.69. The van der Waals surface area contributed by atoms with Crippen molar-refractivity contribution in [3.05, 3.63) is 53.1 Å². The number of halogens is 1. The van der Waals surface area contributed by atoms with Crippen molar-refractivity contribution in [3.63, 3.8) is 0 Å². The first kappa shape index (κ1) is 21.5. The molecular weight excluding hydrogens is 397 g/mol. The van der Waals surface area contributed by atoms with Gasteiger partial charge in [0, 0.05) is 24.8 Å². The van der Waals surface area contributed by atoms with Crippen LogP contribution in [0.15, 0.2) is 30.5 Å². The maximum atomic E-state index is 13.2. The minimum absolute atomic E-state index is 0.0814. The molecule has 0 bridgehead atoms. The summed E-state index contributed by atoms with van der Waals surface area (Å²) in [6, 6.07) is 5.52. The fraction of sp³-hybridized carbons (Fsp3) is 0.522. The zero-order valence-electron chi connectivity index (χ0n) is 18.4. The topological polar surface area (TPSA) is 70.5 Å². The van der Waals surface area contributed by atoms with E-state index in [9.17, 15) is 14.0 Å². The highest BCUT2D eigenvalue weighted by Gasteiger charge is 2.52. The predicted octanol–water partition coefficient (Wildman–Crippen LogP) is 3.07. The lowest BCUT2D eigenvalue weighted by molar-refractivity contribution is -0.133. The van der Waals surface area contributed by atoms with Gasteiger partial charge in [0.05, 0.1) is 12.2 Å². The van der Waals surface area contributed by atoms with E-state index in [2.05, 4.69) is 28.4 Å². The Balaban J connectivity index is 1.38. The molecule has 1 atom stereocenters. The number of carbonyl (C=O) groups excluding carboxylic acids is 2. The van der Waals surface area contributed by atoms with E-state index in [1.807, 2.05) is 18.5 Å². The Kier molecular flexibility index (Phi) is 5.83. The van der Waals surface area contributed by atoms with Crippen LogP contribution in [0.2, 0.25) is 0 Å². The lowest BCUT2D eigenvalue weighted by atomic mass is 9.79. The highest BCUT2D eigenvalue weighted by atomic mass is 19.1. The number of aryl methyl sites for hydroxylation is 2. The Hall–Kier alpha value is -2.74. The van der Waals surface area contributed by atoms with Crippen molar-refractivity contribution in [1.82, 2.24) is 24.9 Å². The smallest absolute Gasteiger partial charge is 0.323 e. The van der Waals surface area contributed by atoms with E-state index in [4.69, 9.17) is 0 Å². The van der Waals surface area contributed by atoms with Crippen LogP contribution in [0.1, 0.15) is 43.5 Å². The Morgan fingerprint density at radius 3 is 2.45 bits per heavy atom. The molecule has 2 aliphatic rings. The first-order valence-corrected chi connectivity index (χ1v) is 10.9. The number of nitrogens with zero attached hydrogens (tertiary/aromatic N) is 4. The summed E-state index contributed by atoms with van der Waals surface area (Å²) >= 11 is 0. The van der Waals surface area contributed by atoms with Crippen molar-refractivity contribution in [2.45, 2.75) is 58.8 Å². The number of amides is 3. The van der Waals surface area contributed by atoms with Gasteiger partial charge in [0.15, 0.2) is 0 Å². The Labute approximate surface area is 182 Å². The van der Waals surface area contributed by atoms with Crippen LogP contribution in [-0.2, 0) is 24.4 Å². The Morgan fingerprint density at radius 2 is 1.84 bits per heavy atom. The third-order valence-electron chi connectivity index (χ3n) is 6.73. The van der Waals surface area contributed by atoms with Crippen molar-refractivity contribution >= 4 is 11.9 Å². The molecule has 1 aromatic heterocycles. The molecular formula is C23H30FN5O2. The zero-order valence-corrected chi connectivity index (χ0v) is 18.4. The number of nitrogens with one attached hydrogen (secondary N) is 1. The van der Waals surface area contributed by atoms with Crippen LogP contribution < -0.4 is 5.32 Å². The maximum Gasteiger partial charge on any atom is 0.325 e. The van der Waals surface area contributed by atoms with E-state index in [1.54, 1.807) is 12.1 Å². The van der Waals surface area contributed by atoms with Crippen molar-refractivity contribution in [2.24, 2.45) is 5.92 Å². The van der Waals surface area contributed by atoms with Crippen LogP contribution in [0.3, 0.4) is 0 Å². The van der Waals surface area contributed by atoms with Crippen molar-refractivity contribution in [2.75, 3.05) is 13.1 Å². The number of aromatic nitrogens is 2. The van der Waals surface area contributed by atoms with E-state index >= 15 is 0 Å². The Bertz CT molecular complexity index is 965. The summed E-state index contributed by atoms with van der Waals surface area (Å²) in [5, 5.41) is 7.47. The van der Waals surface area contributed by atoms with Crippen molar-refractivity contribution in [1.29, 1.82) is 0 Å². The minimum Gasteiger partial charge on any atom is -0.323 e. The molecule has 7 nitrogen and oxygen atoms in total. The fourth-order valence-electron chi connectivity index (χ4n) is 4.69. The second kappa shape index (κ2) is 8.42. The van der Waals surface area contributed by atoms with Crippen LogP contribution in [0.25, 0.3) is 0 Å². The number of likely N-dealkylation sites (tertiary alicyclic amines) is 1. The summed E-state index contributed by atoms with van der Waals surface area (Å²) < 4.78 is 15.1. The van der Waals surface area contributed by atoms with Gasteiger partial charge in [0.1, 0.15) is 11.4 Å². The second-order valence-electron chi connectivity index (χ2n) is 8.80. The number of benzene rings is 1. The highest BCUT2D eigenvalue weighted by molar-refractivity contribution is 6.06. The summed E-state index contributed by atoms with van der Waals surface area (Å²) in [5.74, 6) is -0.451. The standard InChI is InChI=1S/C23H30FN5O2/c1-4-28-15-18(16(2)26-28)14-27-11-9-19(10-12-27)23(3)21(30)29(22(31)25-23)13-17-5-7-20(24)8-6-17/h5-8,15,19H,4,9-14H2,1-3H3,(H,25,31). The molecule has 1 aromatic carbocycles. The van der Waals surface area contributed by atoms with E-state index in [-0.39, 0.29) is 30.2 Å². The van der Waals surface area contributed by atoms with Gasteiger partial charge in [0.25, 0.3) is 5.91 Å². The molecule has 0 radical (unpaired) electrons. The minimum atomic E-state index is -0.897. The molecule has 8 heteroatoms. The molecule has 3 amide bonds. The average molecular weight is 428 g/mol. The molecule has 31 heavy (non-hydrogen) atoms. The number of imide groups is 1. The van der Waals surface area contributed by atoms with Gasteiger partial charge in [-0.3, -0.25) is 19.3 Å². The third-order valence-corrected chi connectivity index (χ3v) is 6.73. The molecule has 2 aromatic rings. The first-order chi connectivity index (χ1) is 14.8. The summed E-state index contributed by atoms with van der Waals surface area (Å²) in [6.45, 7) is 9.57. The van der Waals surface area contributed by atoms with Crippen LogP contribution >= 0.6 is 0 Å². The molecule has 2 aliphatic heterocycles. The molecule has 2 fully saturated rings. The largest absolute Gasteiger partial charge is 0.325 e. The van der Waals surface area contributed by atoms with Gasteiger partial charge in [-0.2, -0.15) is 5.10 Å². The van der Waals surface area contributed by atoms with E-state index in [0.717, 1.165) is 50.3 Å². The summed E-state index contributed by atoms with van der Waals surface area (Å²) in [4.78, 5) is 29.4. The molecule has 166 valence electrons. The van der Waals surface area contributed by atoms with Crippen LogP contribution in [0.5, 0.6) is 0 Å². The summed E-state index contributed by atoms with van der Waals surface area (Å²) in [6.07, 6.45) is 3.79. The van der Waals surface area contributed by atoms with E-state index in [1.165, 1.54) is 22.6 Å². The number of hydrogen-bond donors (Lipinski definition) is 1. The average Bonchev–Trinajstić information content (AvgIpc) is 3.22. The molecule has 0 saturated carbocycles. The SMILES string of the molecule is CCn1cc(CN2CCC(C3(C)NC(=O)N(Cc4ccc(F)cc4)C3=O)CC2)c(C)n1. The zero-order chi connectivity index (χ0) is 22.2. The number of hydrogen-bond acceptors (Lipinski definition) is 4. The summed E-state index contributed by atoms with van der Waals surface area (Å²) in [7, 11) is 0. The van der Waals surface area contributed by atoms with Gasteiger partial charge >= 0.3 is 6.03 Å². The van der Waals surface area contributed by atoms with Gasteiger partial charge < -0.3 is 5.32 Å². The maximum absolute atomic E-state index is 13.2. The monoisotopic (exact) mass is 427 g/mol. The molecule has 1 N–H and O–H groups in total. The van der Waals surface area contributed by atoms with Gasteiger partial charge in [-0.1, -0.05) is 12.1 Å². The highest BCUT2D eigenvalue weighted by Crippen LogP contribution is 2.34. The normalized spacial score (nSPS) is 22.9. The number of piperidine rings is 1. The van der Waals surface area contributed by atoms with Gasteiger partial charge in [-0.05, 0) is 70.3 Å². The predicted molar refractivity (Wildman–Crippen MR) is 115 cm³/mol. The summed E-state index contributed by atoms with van der Waals surface area (Å²) in [5.41, 5.74) is 2.13. The molecule has 1 unspecified atom stereocenters. The second-order valence-corrected chi connectivity index (χ2v) is 8.80. The van der Waals surface area contributed by atoms with Crippen molar-refractivity contribution in [3.8, 4) is 0 Å². The van der Waals surface area contributed by atoms with Gasteiger partial charge in [0.2, 0.25) is 0 Å². The molecule has 3 heterocycles. The van der Waals surface area contributed by atoms with Crippen molar-refractivity contribution < 1.29 is 14.0 Å². The lowest BCUT2D eigenvalue weighted by Crippen LogP contribution is -2.53. The lowest BCUT2D eigenvalue weighted by Gasteiger charge is -2.38. The van der Waals surface area contributed by atoms with Crippen LogP contribution in [-0.4, -0.2) is 50.1 Å².